The first-order valence-corrected chi connectivity index (χ1v) is 3.69. The van der Waals surface area contributed by atoms with Gasteiger partial charge in [-0.05, 0) is 0 Å². The summed E-state index contributed by atoms with van der Waals surface area (Å²) in [5.74, 6) is 0. The van der Waals surface area contributed by atoms with E-state index in [9.17, 15) is 4.79 Å². The molecule has 0 atom stereocenters. The Kier molecular flexibility index (Phi) is 3.13. The molecule has 0 saturated carbocycles. The lowest BCUT2D eigenvalue weighted by atomic mass is 10.2. The number of urea groups is 1. The number of hydrogen-bond donors (Lipinski definition) is 4. The Labute approximate surface area is 65.2 Å². The summed E-state index contributed by atoms with van der Waals surface area (Å²) >= 11 is 0. The molecule has 0 spiro atoms. The number of aliphatic hydroxyl groups excluding tert-OH is 1. The zero-order valence-corrected chi connectivity index (χ0v) is 6.26. The van der Waals surface area contributed by atoms with Gasteiger partial charge in [0.2, 0.25) is 0 Å². The van der Waals surface area contributed by atoms with E-state index in [4.69, 9.17) is 5.11 Å². The Morgan fingerprint density at radius 1 is 1.64 bits per heavy atom. The Hall–Kier alpha value is -0.810. The molecule has 0 aromatic heterocycles. The lowest BCUT2D eigenvalue weighted by Gasteiger charge is -2.27. The fourth-order valence-electron chi connectivity index (χ4n) is 0.797. The van der Waals surface area contributed by atoms with Gasteiger partial charge in [0.1, 0.15) is 0 Å². The number of hydrogen-bond acceptors (Lipinski definition) is 3. The Morgan fingerprint density at radius 3 is 2.82 bits per heavy atom. The third-order valence-corrected chi connectivity index (χ3v) is 1.51. The van der Waals surface area contributed by atoms with Gasteiger partial charge in [-0.15, -0.1) is 0 Å². The summed E-state index contributed by atoms with van der Waals surface area (Å²) in [6.07, 6.45) is 0. The van der Waals surface area contributed by atoms with E-state index >= 15 is 0 Å². The largest absolute Gasteiger partial charge is 0.395 e. The van der Waals surface area contributed by atoms with Crippen LogP contribution in [0.4, 0.5) is 4.79 Å². The third kappa shape index (κ3) is 2.73. The second-order valence-corrected chi connectivity index (χ2v) is 2.48. The molecule has 1 aliphatic rings. The van der Waals surface area contributed by atoms with Gasteiger partial charge in [0.25, 0.3) is 0 Å². The van der Waals surface area contributed by atoms with Gasteiger partial charge in [0.05, 0.1) is 12.6 Å². The minimum absolute atomic E-state index is 0.0175. The van der Waals surface area contributed by atoms with Crippen LogP contribution in [0, 0.1) is 0 Å². The second kappa shape index (κ2) is 4.15. The number of nitrogens with one attached hydrogen (secondary N) is 3. The van der Waals surface area contributed by atoms with Gasteiger partial charge < -0.3 is 21.1 Å². The molecule has 64 valence electrons. The standard InChI is InChI=1S/C6H13N3O2/c10-2-1-8-6(11)9-5-3-7-4-5/h5,7,10H,1-4H2,(H2,8,9,11). The van der Waals surface area contributed by atoms with E-state index in [0.717, 1.165) is 13.1 Å². The Bertz CT molecular complexity index is 136. The highest BCUT2D eigenvalue weighted by Gasteiger charge is 2.17. The first-order valence-electron chi connectivity index (χ1n) is 3.69. The predicted octanol–water partition coefficient (Wildman–Crippen LogP) is -1.75. The molecule has 1 fully saturated rings. The van der Waals surface area contributed by atoms with Crippen molar-refractivity contribution in [1.29, 1.82) is 0 Å². The molecule has 5 heteroatoms. The quantitative estimate of drug-likeness (QED) is 0.394. The topological polar surface area (TPSA) is 73.4 Å². The van der Waals surface area contributed by atoms with Gasteiger partial charge in [0, 0.05) is 19.6 Å². The van der Waals surface area contributed by atoms with Crippen LogP contribution < -0.4 is 16.0 Å². The highest BCUT2D eigenvalue weighted by molar-refractivity contribution is 5.74. The van der Waals surface area contributed by atoms with Crippen molar-refractivity contribution in [2.45, 2.75) is 6.04 Å². The number of amides is 2. The molecule has 0 bridgehead atoms. The van der Waals surface area contributed by atoms with E-state index in [1.165, 1.54) is 0 Å². The molecule has 4 N–H and O–H groups in total. The van der Waals surface area contributed by atoms with Crippen LogP contribution in [0.1, 0.15) is 0 Å². The lowest BCUT2D eigenvalue weighted by Crippen LogP contribution is -2.58. The summed E-state index contributed by atoms with van der Waals surface area (Å²) in [7, 11) is 0. The zero-order chi connectivity index (χ0) is 8.10. The van der Waals surface area contributed by atoms with E-state index in [1.54, 1.807) is 0 Å². The van der Waals surface area contributed by atoms with Crippen molar-refractivity contribution in [1.82, 2.24) is 16.0 Å². The first-order chi connectivity index (χ1) is 5.33. The molecule has 0 aromatic rings. The van der Waals surface area contributed by atoms with Crippen molar-refractivity contribution in [3.05, 3.63) is 0 Å². The van der Waals surface area contributed by atoms with Gasteiger partial charge in [-0.1, -0.05) is 0 Å². The monoisotopic (exact) mass is 159 g/mol. The molecule has 5 nitrogen and oxygen atoms in total. The normalized spacial score (nSPS) is 17.2. The molecular weight excluding hydrogens is 146 g/mol. The van der Waals surface area contributed by atoms with Crippen LogP contribution in [0.3, 0.4) is 0 Å². The number of carbonyl (C=O) groups excluding carboxylic acids is 1. The van der Waals surface area contributed by atoms with Gasteiger partial charge in [-0.25, -0.2) is 4.79 Å². The van der Waals surface area contributed by atoms with E-state index in [0.29, 0.717) is 6.54 Å². The van der Waals surface area contributed by atoms with Crippen molar-refractivity contribution in [2.75, 3.05) is 26.2 Å². The predicted molar refractivity (Wildman–Crippen MR) is 40.3 cm³/mol. The van der Waals surface area contributed by atoms with Crippen LogP contribution in [-0.4, -0.2) is 43.4 Å². The minimum Gasteiger partial charge on any atom is -0.395 e. The summed E-state index contributed by atoms with van der Waals surface area (Å²) in [5, 5.41) is 16.6. The van der Waals surface area contributed by atoms with Crippen LogP contribution in [0.5, 0.6) is 0 Å². The van der Waals surface area contributed by atoms with Gasteiger partial charge >= 0.3 is 6.03 Å². The Morgan fingerprint density at radius 2 is 2.36 bits per heavy atom. The van der Waals surface area contributed by atoms with Gasteiger partial charge in [-0.2, -0.15) is 0 Å². The van der Waals surface area contributed by atoms with E-state index < -0.39 is 0 Å². The lowest BCUT2D eigenvalue weighted by molar-refractivity contribution is 0.225. The smallest absolute Gasteiger partial charge is 0.315 e. The summed E-state index contributed by atoms with van der Waals surface area (Å²) < 4.78 is 0. The van der Waals surface area contributed by atoms with E-state index in [1.807, 2.05) is 0 Å². The van der Waals surface area contributed by atoms with Crippen molar-refractivity contribution < 1.29 is 9.90 Å². The van der Waals surface area contributed by atoms with Gasteiger partial charge in [0.15, 0.2) is 0 Å². The van der Waals surface area contributed by atoms with E-state index in [-0.39, 0.29) is 18.7 Å². The van der Waals surface area contributed by atoms with Crippen LogP contribution in [-0.2, 0) is 0 Å². The molecule has 0 aromatic carbocycles. The average Bonchev–Trinajstić information content (AvgIpc) is 1.93. The molecule has 2 amide bonds. The van der Waals surface area contributed by atoms with Crippen molar-refractivity contribution in [3.63, 3.8) is 0 Å². The maximum atomic E-state index is 10.8. The number of aliphatic hydroxyl groups is 1. The molecule has 11 heavy (non-hydrogen) atoms. The summed E-state index contributed by atoms with van der Waals surface area (Å²) in [5.41, 5.74) is 0. The average molecular weight is 159 g/mol. The summed E-state index contributed by atoms with van der Waals surface area (Å²) in [4.78, 5) is 10.8. The van der Waals surface area contributed by atoms with Crippen LogP contribution in [0.15, 0.2) is 0 Å². The third-order valence-electron chi connectivity index (χ3n) is 1.51. The molecule has 1 rings (SSSR count). The van der Waals surface area contributed by atoms with Crippen molar-refractivity contribution in [3.8, 4) is 0 Å². The maximum Gasteiger partial charge on any atom is 0.315 e. The second-order valence-electron chi connectivity index (χ2n) is 2.48. The number of carbonyl (C=O) groups is 1. The molecule has 1 heterocycles. The minimum atomic E-state index is -0.203. The Balaban J connectivity index is 2.00. The highest BCUT2D eigenvalue weighted by Crippen LogP contribution is 1.88. The zero-order valence-electron chi connectivity index (χ0n) is 6.26. The molecule has 0 radical (unpaired) electrons. The number of rotatable bonds is 3. The summed E-state index contributed by atoms with van der Waals surface area (Å²) in [6.45, 7) is 1.97. The van der Waals surface area contributed by atoms with Crippen molar-refractivity contribution >= 4 is 6.03 Å². The van der Waals surface area contributed by atoms with Crippen LogP contribution >= 0.6 is 0 Å². The molecule has 1 aliphatic heterocycles. The first kappa shape index (κ1) is 8.29. The maximum absolute atomic E-state index is 10.8. The van der Waals surface area contributed by atoms with Crippen molar-refractivity contribution in [2.24, 2.45) is 0 Å². The SMILES string of the molecule is O=C(NCCO)NC1CNC1. The fraction of sp³-hybridized carbons (Fsp3) is 0.833. The highest BCUT2D eigenvalue weighted by atomic mass is 16.3. The van der Waals surface area contributed by atoms with Crippen LogP contribution in [0.2, 0.25) is 0 Å². The molecule has 1 saturated heterocycles. The molecule has 0 unspecified atom stereocenters. The van der Waals surface area contributed by atoms with Crippen LogP contribution in [0.25, 0.3) is 0 Å². The van der Waals surface area contributed by atoms with Gasteiger partial charge in [-0.3, -0.25) is 0 Å². The summed E-state index contributed by atoms with van der Waals surface area (Å²) in [6, 6.07) is 0.0549. The fourth-order valence-corrected chi connectivity index (χ4v) is 0.797. The molecular formula is C6H13N3O2. The molecule has 0 aliphatic carbocycles. The van der Waals surface area contributed by atoms with E-state index in [2.05, 4.69) is 16.0 Å².